The van der Waals surface area contributed by atoms with Crippen molar-refractivity contribution >= 4 is 68.1 Å². The molecule has 0 spiro atoms. The number of imide groups is 1. The molecular formula is C29H19BrF3N3O5S2. The predicted octanol–water partition coefficient (Wildman–Crippen LogP) is 6.03. The van der Waals surface area contributed by atoms with Crippen LogP contribution >= 0.6 is 39.0 Å². The first-order chi connectivity index (χ1) is 20.5. The van der Waals surface area contributed by atoms with E-state index in [4.69, 9.17) is 4.74 Å². The van der Waals surface area contributed by atoms with Gasteiger partial charge in [-0.15, -0.1) is 0 Å². The number of thiazole rings is 1. The van der Waals surface area contributed by atoms with Gasteiger partial charge in [0.25, 0.3) is 5.91 Å². The standard InChI is InChI=1S/C29H19BrF3N3O5S2/c30-14-9-11-15(12-10-14)36-26(38)22-21(23-25(35-28(40)43-23)42-24(22)27(36)39)16-5-1-4-8-19(16)41-13-20(37)34-18-7-3-2-6-17(18)29(31,32)33/h1-12,21-22,24H,13H2,(H,34,37)(H,35,40)/t21-,22?,24?/m1/s1. The van der Waals surface area contributed by atoms with Crippen molar-refractivity contribution in [1.29, 1.82) is 0 Å². The molecule has 2 aliphatic rings. The molecule has 3 atom stereocenters. The molecule has 0 saturated carbocycles. The second kappa shape index (κ2) is 11.3. The number of carbonyl (C=O) groups is 3. The van der Waals surface area contributed by atoms with Gasteiger partial charge >= 0.3 is 11.0 Å². The fraction of sp³-hybridized carbons (Fsp3) is 0.172. The smallest absolute Gasteiger partial charge is 0.418 e. The summed E-state index contributed by atoms with van der Waals surface area (Å²) in [6.45, 7) is -0.632. The maximum Gasteiger partial charge on any atom is 0.418 e. The minimum atomic E-state index is -4.67. The van der Waals surface area contributed by atoms with Crippen LogP contribution < -0.4 is 19.8 Å². The van der Waals surface area contributed by atoms with Gasteiger partial charge in [-0.3, -0.25) is 19.2 Å². The van der Waals surface area contributed by atoms with Crippen LogP contribution in [0.1, 0.15) is 21.9 Å². The fourth-order valence-electron chi connectivity index (χ4n) is 5.23. The number of carbonyl (C=O) groups excluding carboxylic acids is 3. The first kappa shape index (κ1) is 29.2. The number of benzene rings is 3. The summed E-state index contributed by atoms with van der Waals surface area (Å²) in [5.74, 6) is -3.18. The zero-order valence-electron chi connectivity index (χ0n) is 21.7. The van der Waals surface area contributed by atoms with E-state index in [-0.39, 0.29) is 10.6 Å². The number of alkyl halides is 3. The Hall–Kier alpha value is -3.88. The monoisotopic (exact) mass is 689 g/mol. The first-order valence-corrected chi connectivity index (χ1v) is 15.2. The summed E-state index contributed by atoms with van der Waals surface area (Å²) in [4.78, 5) is 56.8. The molecule has 3 amide bonds. The largest absolute Gasteiger partial charge is 0.483 e. The number of anilines is 2. The number of hydrogen-bond acceptors (Lipinski definition) is 7. The van der Waals surface area contributed by atoms with Crippen LogP contribution in [0.15, 0.2) is 87.1 Å². The lowest BCUT2D eigenvalue weighted by molar-refractivity contribution is -0.137. The summed E-state index contributed by atoms with van der Waals surface area (Å²) in [5, 5.41) is 1.87. The van der Waals surface area contributed by atoms with Crippen LogP contribution in [0.4, 0.5) is 24.5 Å². The Bertz CT molecular complexity index is 1810. The maximum absolute atomic E-state index is 13.9. The highest BCUT2D eigenvalue weighted by Crippen LogP contribution is 2.54. The van der Waals surface area contributed by atoms with Crippen molar-refractivity contribution in [3.05, 3.63) is 103 Å². The maximum atomic E-state index is 13.9. The molecule has 8 nitrogen and oxygen atoms in total. The molecule has 2 unspecified atom stereocenters. The van der Waals surface area contributed by atoms with E-state index >= 15 is 0 Å². The zero-order chi connectivity index (χ0) is 30.5. The Balaban J connectivity index is 1.32. The molecule has 3 heterocycles. The number of amides is 3. The van der Waals surface area contributed by atoms with E-state index in [0.717, 1.165) is 44.6 Å². The molecule has 0 radical (unpaired) electrons. The third kappa shape index (κ3) is 5.50. The number of para-hydroxylation sites is 2. The number of H-pyrrole nitrogens is 1. The molecule has 4 aromatic rings. The van der Waals surface area contributed by atoms with Crippen molar-refractivity contribution in [3.63, 3.8) is 0 Å². The highest BCUT2D eigenvalue weighted by Gasteiger charge is 2.56. The van der Waals surface area contributed by atoms with Crippen LogP contribution in [0.25, 0.3) is 0 Å². The van der Waals surface area contributed by atoms with E-state index in [0.29, 0.717) is 21.2 Å². The number of aromatic nitrogens is 1. The van der Waals surface area contributed by atoms with Gasteiger partial charge in [-0.05, 0) is 42.5 Å². The molecule has 6 rings (SSSR count). The molecule has 1 fully saturated rings. The fourth-order valence-corrected chi connectivity index (χ4v) is 8.01. The van der Waals surface area contributed by atoms with E-state index in [2.05, 4.69) is 26.2 Å². The van der Waals surface area contributed by atoms with Crippen LogP contribution in [0, 0.1) is 5.92 Å². The van der Waals surface area contributed by atoms with E-state index in [1.54, 1.807) is 48.5 Å². The lowest BCUT2D eigenvalue weighted by Gasteiger charge is -2.30. The number of thioether (sulfide) groups is 1. The van der Waals surface area contributed by atoms with Gasteiger partial charge in [0.2, 0.25) is 11.8 Å². The van der Waals surface area contributed by atoms with Crippen molar-refractivity contribution in [3.8, 4) is 5.75 Å². The van der Waals surface area contributed by atoms with Crippen LogP contribution in [-0.2, 0) is 20.6 Å². The number of halogens is 4. The van der Waals surface area contributed by atoms with E-state index in [1.165, 1.54) is 12.1 Å². The molecular weight excluding hydrogens is 671 g/mol. The third-order valence-electron chi connectivity index (χ3n) is 7.03. The highest BCUT2D eigenvalue weighted by molar-refractivity contribution is 9.10. The first-order valence-electron chi connectivity index (χ1n) is 12.7. The van der Waals surface area contributed by atoms with E-state index in [9.17, 15) is 32.3 Å². The van der Waals surface area contributed by atoms with Crippen molar-refractivity contribution in [2.24, 2.45) is 5.92 Å². The Morgan fingerprint density at radius 2 is 1.67 bits per heavy atom. The summed E-state index contributed by atoms with van der Waals surface area (Å²) in [7, 11) is 0. The van der Waals surface area contributed by atoms with Crippen LogP contribution in [0.2, 0.25) is 0 Å². The Morgan fingerprint density at radius 1 is 0.977 bits per heavy atom. The molecule has 2 aliphatic heterocycles. The Labute approximate surface area is 258 Å². The summed E-state index contributed by atoms with van der Waals surface area (Å²) in [6, 6.07) is 17.9. The number of rotatable bonds is 6. The van der Waals surface area contributed by atoms with Crippen molar-refractivity contribution in [1.82, 2.24) is 4.98 Å². The summed E-state index contributed by atoms with van der Waals surface area (Å²) in [6.07, 6.45) is -4.67. The lowest BCUT2D eigenvalue weighted by atomic mass is 9.82. The molecule has 0 bridgehead atoms. The van der Waals surface area contributed by atoms with Gasteiger partial charge in [0, 0.05) is 20.8 Å². The SMILES string of the molecule is O=C(COc1ccccc1[C@H]1c2sc(=O)[nH]c2SC2C(=O)N(c3ccc(Br)cc3)C(=O)C21)Nc1ccccc1C(F)(F)F. The second-order valence-corrected chi connectivity index (χ2v) is 12.7. The normalized spacial score (nSPS) is 19.6. The molecule has 1 saturated heterocycles. The van der Waals surface area contributed by atoms with Gasteiger partial charge in [0.05, 0.1) is 27.9 Å². The van der Waals surface area contributed by atoms with Gasteiger partial charge in [-0.1, -0.05) is 69.4 Å². The molecule has 220 valence electrons. The number of hydrogen-bond donors (Lipinski definition) is 2. The van der Waals surface area contributed by atoms with E-state index < -0.39 is 58.8 Å². The number of ether oxygens (including phenoxy) is 1. The molecule has 0 aliphatic carbocycles. The summed E-state index contributed by atoms with van der Waals surface area (Å²) >= 11 is 5.40. The number of fused-ring (bicyclic) bond motifs is 2. The van der Waals surface area contributed by atoms with Crippen molar-refractivity contribution in [2.75, 3.05) is 16.8 Å². The lowest BCUT2D eigenvalue weighted by Crippen LogP contribution is -2.32. The second-order valence-electron chi connectivity index (χ2n) is 9.66. The Kier molecular flexibility index (Phi) is 7.69. The van der Waals surface area contributed by atoms with Crippen LogP contribution in [0.3, 0.4) is 0 Å². The van der Waals surface area contributed by atoms with Crippen molar-refractivity contribution < 1.29 is 32.3 Å². The molecule has 2 N–H and O–H groups in total. The van der Waals surface area contributed by atoms with Crippen LogP contribution in [0.5, 0.6) is 5.75 Å². The molecule has 43 heavy (non-hydrogen) atoms. The van der Waals surface area contributed by atoms with Crippen molar-refractivity contribution in [2.45, 2.75) is 22.4 Å². The number of nitrogens with one attached hydrogen (secondary N) is 2. The van der Waals surface area contributed by atoms with Gasteiger partial charge in [0.15, 0.2) is 6.61 Å². The van der Waals surface area contributed by atoms with Crippen LogP contribution in [-0.4, -0.2) is 34.6 Å². The average molecular weight is 691 g/mol. The highest BCUT2D eigenvalue weighted by atomic mass is 79.9. The predicted molar refractivity (Wildman–Crippen MR) is 159 cm³/mol. The topological polar surface area (TPSA) is 109 Å². The zero-order valence-corrected chi connectivity index (χ0v) is 24.9. The minimum Gasteiger partial charge on any atom is -0.483 e. The molecule has 1 aromatic heterocycles. The molecule has 14 heteroatoms. The summed E-state index contributed by atoms with van der Waals surface area (Å²) < 4.78 is 46.7. The van der Waals surface area contributed by atoms with Gasteiger partial charge in [-0.2, -0.15) is 13.2 Å². The quantitative estimate of drug-likeness (QED) is 0.240. The number of aromatic amines is 1. The van der Waals surface area contributed by atoms with Gasteiger partial charge < -0.3 is 15.0 Å². The molecule has 3 aromatic carbocycles. The van der Waals surface area contributed by atoms with Gasteiger partial charge in [0.1, 0.15) is 11.0 Å². The minimum absolute atomic E-state index is 0.187. The third-order valence-corrected chi connectivity index (χ3v) is 9.96. The van der Waals surface area contributed by atoms with Gasteiger partial charge in [-0.25, -0.2) is 4.90 Å². The number of nitrogens with zero attached hydrogens (tertiary/aromatic N) is 1. The van der Waals surface area contributed by atoms with E-state index in [1.807, 2.05) is 0 Å². The summed E-state index contributed by atoms with van der Waals surface area (Å²) in [5.41, 5.74) is -0.543. The average Bonchev–Trinajstić information content (AvgIpc) is 3.46. The Morgan fingerprint density at radius 3 is 2.42 bits per heavy atom.